The second-order valence-corrected chi connectivity index (χ2v) is 10.6. The van der Waals surface area contributed by atoms with Crippen LogP contribution in [0.15, 0.2) is 24.3 Å². The van der Waals surface area contributed by atoms with Crippen LogP contribution in [0.5, 0.6) is 0 Å². The molecule has 3 N–H and O–H groups in total. The predicted octanol–water partition coefficient (Wildman–Crippen LogP) is 2.91. The lowest BCUT2D eigenvalue weighted by atomic mass is 9.88. The van der Waals surface area contributed by atoms with Gasteiger partial charge >= 0.3 is 0 Å². The summed E-state index contributed by atoms with van der Waals surface area (Å²) in [5.74, 6) is -3.06. The molecule has 2 unspecified atom stereocenters. The van der Waals surface area contributed by atoms with Gasteiger partial charge in [-0.3, -0.25) is 30.1 Å². The number of halogens is 2. The summed E-state index contributed by atoms with van der Waals surface area (Å²) in [6, 6.07) is 8.06. The van der Waals surface area contributed by atoms with Gasteiger partial charge in [-0.25, -0.2) is 0 Å². The summed E-state index contributed by atoms with van der Waals surface area (Å²) in [5.41, 5.74) is 4.99. The van der Waals surface area contributed by atoms with Crippen molar-refractivity contribution in [2.45, 2.75) is 70.3 Å². The number of amides is 3. The molecule has 2 aliphatic heterocycles. The summed E-state index contributed by atoms with van der Waals surface area (Å²) >= 11 is 11.8. The minimum Gasteiger partial charge on any atom is -0.369 e. The Labute approximate surface area is 228 Å². The Balaban J connectivity index is 1.51. The fourth-order valence-electron chi connectivity index (χ4n) is 4.93. The maximum atomic E-state index is 13.3. The Morgan fingerprint density at radius 2 is 1.78 bits per heavy atom. The van der Waals surface area contributed by atoms with Crippen LogP contribution in [-0.4, -0.2) is 70.6 Å². The lowest BCUT2D eigenvalue weighted by molar-refractivity contribution is -0.276. The van der Waals surface area contributed by atoms with E-state index in [2.05, 4.69) is 15.8 Å². The van der Waals surface area contributed by atoms with Crippen molar-refractivity contribution >= 4 is 46.6 Å². The Morgan fingerprint density at radius 3 is 2.41 bits per heavy atom. The number of aliphatic hydroxyl groups is 1. The highest BCUT2D eigenvalue weighted by atomic mass is 35.5. The number of hydrogen-bond donors (Lipinski definition) is 3. The molecule has 2 heterocycles. The van der Waals surface area contributed by atoms with Crippen LogP contribution in [0.25, 0.3) is 0 Å². The third kappa shape index (κ3) is 6.69. The average molecular weight is 558 g/mol. The van der Waals surface area contributed by atoms with Gasteiger partial charge in [0.05, 0.1) is 0 Å². The van der Waals surface area contributed by atoms with Gasteiger partial charge in [0, 0.05) is 55.8 Å². The molecule has 3 amide bonds. The number of carbonyl (C=O) groups is 3. The summed E-state index contributed by atoms with van der Waals surface area (Å²) < 4.78 is 5.83. The van der Waals surface area contributed by atoms with Crippen LogP contribution in [0.3, 0.4) is 0 Å². The molecule has 2 fully saturated rings. The van der Waals surface area contributed by atoms with Crippen LogP contribution in [-0.2, 0) is 25.5 Å². The van der Waals surface area contributed by atoms with E-state index in [-0.39, 0.29) is 18.7 Å². The molecule has 0 radical (unpaired) electrons. The van der Waals surface area contributed by atoms with Crippen LogP contribution >= 0.6 is 23.2 Å². The van der Waals surface area contributed by atoms with E-state index in [4.69, 9.17) is 27.9 Å². The smallest absolute Gasteiger partial charge is 0.280 e. The van der Waals surface area contributed by atoms with Crippen LogP contribution in [0.4, 0.5) is 5.69 Å². The first kappa shape index (κ1) is 29.5. The number of benzene rings is 1. The number of anilines is 1. The van der Waals surface area contributed by atoms with Gasteiger partial charge in [-0.05, 0) is 43.4 Å². The Hall–Kier alpha value is -2.07. The van der Waals surface area contributed by atoms with Crippen LogP contribution in [0.2, 0.25) is 0 Å². The minimum absolute atomic E-state index is 0.187. The number of nitrogens with zero attached hydrogens (tertiary/aromatic N) is 2. The lowest BCUT2D eigenvalue weighted by Crippen LogP contribution is -2.60. The van der Waals surface area contributed by atoms with Gasteiger partial charge in [0.2, 0.25) is 11.5 Å². The zero-order chi connectivity index (χ0) is 27.1. The standard InChI is InChI=1S/C26H38Cl2N4O5/c1-19(2)26(24(35)32-16-5-3-4-13-25(32,36)37-26)23(34)30-29-22(33)8-6-7-20-9-11-21(12-10-20)31(17-14-27)18-15-28/h9-12,19,36H,3-8,13-18H2,1-2H3,(H,29,33)(H,30,34). The molecule has 0 aliphatic carbocycles. The minimum atomic E-state index is -1.90. The molecule has 0 saturated carbocycles. The Bertz CT molecular complexity index is 941. The SMILES string of the molecule is CC(C)C1(C(=O)NNC(=O)CCCc2ccc(N(CCCl)CCCl)cc2)OC2(O)CCCCCN2C1=O. The average Bonchev–Trinajstić information content (AvgIpc) is 2.97. The Morgan fingerprint density at radius 1 is 1.11 bits per heavy atom. The second kappa shape index (κ2) is 13.1. The van der Waals surface area contributed by atoms with Crippen molar-refractivity contribution < 1.29 is 24.2 Å². The van der Waals surface area contributed by atoms with E-state index in [1.54, 1.807) is 13.8 Å². The van der Waals surface area contributed by atoms with Crippen molar-refractivity contribution in [3.8, 4) is 0 Å². The maximum Gasteiger partial charge on any atom is 0.280 e. The van der Waals surface area contributed by atoms with E-state index >= 15 is 0 Å². The monoisotopic (exact) mass is 556 g/mol. The molecule has 0 bridgehead atoms. The van der Waals surface area contributed by atoms with Crippen molar-refractivity contribution in [2.75, 3.05) is 36.3 Å². The topological polar surface area (TPSA) is 111 Å². The van der Waals surface area contributed by atoms with Crippen molar-refractivity contribution in [3.63, 3.8) is 0 Å². The van der Waals surface area contributed by atoms with Crippen molar-refractivity contribution in [3.05, 3.63) is 29.8 Å². The van der Waals surface area contributed by atoms with Crippen molar-refractivity contribution in [1.82, 2.24) is 15.8 Å². The number of nitrogens with one attached hydrogen (secondary N) is 2. The molecule has 206 valence electrons. The number of hydrazine groups is 1. The molecule has 9 nitrogen and oxygen atoms in total. The van der Waals surface area contributed by atoms with Crippen LogP contribution in [0.1, 0.15) is 57.9 Å². The van der Waals surface area contributed by atoms with Gasteiger partial charge in [-0.1, -0.05) is 32.4 Å². The number of rotatable bonds is 11. The summed E-state index contributed by atoms with van der Waals surface area (Å²) in [4.78, 5) is 42.2. The van der Waals surface area contributed by atoms with E-state index in [0.29, 0.717) is 50.7 Å². The highest BCUT2D eigenvalue weighted by molar-refractivity contribution is 6.18. The first-order chi connectivity index (χ1) is 17.7. The number of carbonyl (C=O) groups excluding carboxylic acids is 3. The summed E-state index contributed by atoms with van der Waals surface area (Å²) in [7, 11) is 0. The van der Waals surface area contributed by atoms with E-state index in [9.17, 15) is 19.5 Å². The first-order valence-electron chi connectivity index (χ1n) is 13.0. The molecule has 2 aliphatic rings. The molecule has 0 aromatic heterocycles. The number of aryl methyl sites for hydroxylation is 1. The number of fused-ring (bicyclic) bond motifs is 1. The molecule has 1 aromatic rings. The first-order valence-corrected chi connectivity index (χ1v) is 14.0. The quantitative estimate of drug-likeness (QED) is 0.219. The van der Waals surface area contributed by atoms with Gasteiger partial charge in [-0.15, -0.1) is 23.2 Å². The normalized spacial score (nSPS) is 23.5. The molecular formula is C26H38Cl2N4O5. The fourth-order valence-corrected chi connectivity index (χ4v) is 5.34. The van der Waals surface area contributed by atoms with Crippen LogP contribution < -0.4 is 15.8 Å². The molecular weight excluding hydrogens is 519 g/mol. The Kier molecular flexibility index (Phi) is 10.5. The highest BCUT2D eigenvalue weighted by Gasteiger charge is 2.65. The third-order valence-electron chi connectivity index (χ3n) is 7.04. The van der Waals surface area contributed by atoms with Gasteiger partial charge in [-0.2, -0.15) is 0 Å². The zero-order valence-electron chi connectivity index (χ0n) is 21.6. The van der Waals surface area contributed by atoms with Crippen LogP contribution in [0, 0.1) is 5.92 Å². The molecule has 3 rings (SSSR count). The van der Waals surface area contributed by atoms with E-state index in [0.717, 1.165) is 24.1 Å². The van der Waals surface area contributed by atoms with Gasteiger partial charge in [0.1, 0.15) is 0 Å². The summed E-state index contributed by atoms with van der Waals surface area (Å²) in [6.07, 6.45) is 3.98. The van der Waals surface area contributed by atoms with E-state index < -0.39 is 29.2 Å². The van der Waals surface area contributed by atoms with E-state index in [1.807, 2.05) is 24.3 Å². The van der Waals surface area contributed by atoms with Gasteiger partial charge in [0.25, 0.3) is 17.7 Å². The predicted molar refractivity (Wildman–Crippen MR) is 143 cm³/mol. The molecule has 11 heteroatoms. The van der Waals surface area contributed by atoms with Gasteiger partial charge < -0.3 is 14.7 Å². The third-order valence-corrected chi connectivity index (χ3v) is 7.38. The zero-order valence-corrected chi connectivity index (χ0v) is 23.1. The van der Waals surface area contributed by atoms with E-state index in [1.165, 1.54) is 4.90 Å². The molecule has 0 spiro atoms. The number of hydrogen-bond acceptors (Lipinski definition) is 6. The molecule has 1 aromatic carbocycles. The van der Waals surface area contributed by atoms with Crippen molar-refractivity contribution in [2.24, 2.45) is 5.92 Å². The molecule has 2 atom stereocenters. The fraction of sp³-hybridized carbons (Fsp3) is 0.654. The molecule has 2 saturated heterocycles. The number of ether oxygens (including phenoxy) is 1. The second-order valence-electron chi connectivity index (χ2n) is 9.89. The maximum absolute atomic E-state index is 13.3. The lowest BCUT2D eigenvalue weighted by Gasteiger charge is -2.31. The largest absolute Gasteiger partial charge is 0.369 e. The molecule has 37 heavy (non-hydrogen) atoms. The highest BCUT2D eigenvalue weighted by Crippen LogP contribution is 2.42. The summed E-state index contributed by atoms with van der Waals surface area (Å²) in [6.45, 7) is 5.12. The number of alkyl halides is 2. The van der Waals surface area contributed by atoms with Gasteiger partial charge in [0.15, 0.2) is 0 Å². The summed E-state index contributed by atoms with van der Waals surface area (Å²) in [5, 5.41) is 11.0. The van der Waals surface area contributed by atoms with Crippen molar-refractivity contribution in [1.29, 1.82) is 0 Å².